The fourth-order valence-corrected chi connectivity index (χ4v) is 4.62. The monoisotopic (exact) mass is 523 g/mol. The molecule has 0 unspecified atom stereocenters. The molecule has 0 saturated carbocycles. The van der Waals surface area contributed by atoms with Crippen LogP contribution in [0.15, 0.2) is 77.5 Å². The van der Waals surface area contributed by atoms with Crippen LogP contribution in [0.4, 0.5) is 0 Å². The zero-order chi connectivity index (χ0) is 27.4. The first-order valence-corrected chi connectivity index (χ1v) is 12.2. The second-order valence-electron chi connectivity index (χ2n) is 8.94. The third-order valence-corrected chi connectivity index (χ3v) is 6.65. The fourth-order valence-electron chi connectivity index (χ4n) is 4.62. The predicted octanol–water partition coefficient (Wildman–Crippen LogP) is 1.92. The first-order chi connectivity index (χ1) is 19.0. The van der Waals surface area contributed by atoms with Gasteiger partial charge in [-0.2, -0.15) is 0 Å². The first kappa shape index (κ1) is 25.4. The van der Waals surface area contributed by atoms with E-state index in [0.717, 1.165) is 17.5 Å². The Labute approximate surface area is 223 Å². The number of amides is 1. The van der Waals surface area contributed by atoms with Crippen LogP contribution in [0.1, 0.15) is 28.9 Å². The molecule has 1 saturated heterocycles. The van der Waals surface area contributed by atoms with E-state index in [1.807, 2.05) is 24.3 Å². The highest BCUT2D eigenvalue weighted by Gasteiger charge is 2.32. The Balaban J connectivity index is 1.40. The molecular weight excluding hydrogens is 498 g/mol. The summed E-state index contributed by atoms with van der Waals surface area (Å²) in [6.07, 6.45) is 10.6. The summed E-state index contributed by atoms with van der Waals surface area (Å²) < 4.78 is 0. The van der Waals surface area contributed by atoms with Crippen LogP contribution < -0.4 is 11.1 Å². The molecule has 2 aliphatic rings. The van der Waals surface area contributed by atoms with Gasteiger partial charge in [0.2, 0.25) is 5.88 Å². The topological polar surface area (TPSA) is 183 Å². The molecule has 0 bridgehead atoms. The molecule has 12 nitrogen and oxygen atoms in total. The van der Waals surface area contributed by atoms with Gasteiger partial charge in [-0.1, -0.05) is 6.07 Å². The van der Waals surface area contributed by atoms with Gasteiger partial charge in [-0.3, -0.25) is 19.6 Å². The van der Waals surface area contributed by atoms with Gasteiger partial charge in [0.15, 0.2) is 12.0 Å². The number of carbonyl (C=O) groups is 2. The highest BCUT2D eigenvalue weighted by Crippen LogP contribution is 2.29. The molecule has 1 fully saturated rings. The molecule has 3 aromatic heterocycles. The number of aliphatic imine (C=N–C) groups is 1. The van der Waals surface area contributed by atoms with Gasteiger partial charge in [0, 0.05) is 72.9 Å². The Bertz CT molecular complexity index is 1510. The number of carbonyl (C=O) groups excluding carboxylic acids is 2. The summed E-state index contributed by atoms with van der Waals surface area (Å²) in [5, 5.41) is 20.9. The second-order valence-corrected chi connectivity index (χ2v) is 8.94. The predicted molar refractivity (Wildman–Crippen MR) is 143 cm³/mol. The minimum Gasteiger partial charge on any atom is -0.492 e. The lowest BCUT2D eigenvalue weighted by molar-refractivity contribution is -0.104. The van der Waals surface area contributed by atoms with Crippen molar-refractivity contribution in [3.63, 3.8) is 0 Å². The number of rotatable bonds is 6. The number of nitrogens with two attached hydrogens (primary N) is 1. The van der Waals surface area contributed by atoms with E-state index in [2.05, 4.69) is 25.3 Å². The Morgan fingerprint density at radius 2 is 1.90 bits per heavy atom. The van der Waals surface area contributed by atoms with Crippen molar-refractivity contribution in [3.8, 4) is 17.1 Å². The maximum absolute atomic E-state index is 12.8. The number of nitrogens with zero attached hydrogens (tertiary/aromatic N) is 6. The number of pyridine rings is 2. The minimum absolute atomic E-state index is 0.100. The number of allylic oxidation sites excluding steroid dienone is 2. The maximum Gasteiger partial charge on any atom is 0.278 e. The number of piperidine rings is 1. The van der Waals surface area contributed by atoms with E-state index in [0.29, 0.717) is 54.9 Å². The van der Waals surface area contributed by atoms with Gasteiger partial charge in [0.1, 0.15) is 11.6 Å². The zero-order valence-electron chi connectivity index (χ0n) is 20.8. The van der Waals surface area contributed by atoms with Crippen molar-refractivity contribution in [1.82, 2.24) is 30.2 Å². The molecule has 5 heterocycles. The van der Waals surface area contributed by atoms with Gasteiger partial charge in [0.25, 0.3) is 5.91 Å². The summed E-state index contributed by atoms with van der Waals surface area (Å²) >= 11 is 0. The number of hydrogen-bond acceptors (Lipinski definition) is 11. The largest absolute Gasteiger partial charge is 0.492 e. The Morgan fingerprint density at radius 3 is 2.54 bits per heavy atom. The van der Waals surface area contributed by atoms with Crippen molar-refractivity contribution in [3.05, 3.63) is 83.7 Å². The van der Waals surface area contributed by atoms with E-state index in [4.69, 9.17) is 16.1 Å². The fraction of sp³-hybridized carbons (Fsp3) is 0.185. The Kier molecular flexibility index (Phi) is 7.17. The van der Waals surface area contributed by atoms with Gasteiger partial charge in [-0.05, 0) is 31.0 Å². The van der Waals surface area contributed by atoms with Crippen molar-refractivity contribution in [2.24, 2.45) is 16.6 Å². The summed E-state index contributed by atoms with van der Waals surface area (Å²) in [4.78, 5) is 47.4. The van der Waals surface area contributed by atoms with E-state index in [1.54, 1.807) is 23.5 Å². The summed E-state index contributed by atoms with van der Waals surface area (Å²) in [7, 11) is 0. The van der Waals surface area contributed by atoms with E-state index in [-0.39, 0.29) is 23.0 Å². The van der Waals surface area contributed by atoms with Crippen molar-refractivity contribution in [2.75, 3.05) is 13.1 Å². The van der Waals surface area contributed by atoms with Gasteiger partial charge in [-0.15, -0.1) is 0 Å². The van der Waals surface area contributed by atoms with Crippen molar-refractivity contribution in [1.29, 1.82) is 5.41 Å². The van der Waals surface area contributed by atoms with Gasteiger partial charge >= 0.3 is 0 Å². The lowest BCUT2D eigenvalue weighted by atomic mass is 9.87. The zero-order valence-corrected chi connectivity index (χ0v) is 20.8. The average Bonchev–Trinajstić information content (AvgIpc) is 2.98. The van der Waals surface area contributed by atoms with Crippen molar-refractivity contribution in [2.45, 2.75) is 12.8 Å². The van der Waals surface area contributed by atoms with Gasteiger partial charge in [0.05, 0.1) is 17.0 Å². The van der Waals surface area contributed by atoms with Crippen LogP contribution in [0.2, 0.25) is 0 Å². The molecule has 0 aromatic carbocycles. The molecule has 2 aliphatic heterocycles. The molecule has 5 N–H and O–H groups in total. The van der Waals surface area contributed by atoms with Gasteiger partial charge in [-0.25, -0.2) is 15.0 Å². The highest BCUT2D eigenvalue weighted by molar-refractivity contribution is 6.19. The SMILES string of the molecule is N=C/C(=C1/N=C(C2CCN(C(=O)c3nccnc3O)CC2)C(C=O)=C(N)N1)c1ccc(-c2cccnc2)nc1. The molecule has 196 valence electrons. The molecule has 39 heavy (non-hydrogen) atoms. The molecule has 12 heteroatoms. The average molecular weight is 524 g/mol. The van der Waals surface area contributed by atoms with E-state index >= 15 is 0 Å². The second kappa shape index (κ2) is 11.0. The number of aldehydes is 1. The normalized spacial score (nSPS) is 17.2. The van der Waals surface area contributed by atoms with E-state index < -0.39 is 11.8 Å². The van der Waals surface area contributed by atoms with Gasteiger partial charge < -0.3 is 26.5 Å². The number of aromatic hydroxyl groups is 1. The van der Waals surface area contributed by atoms with Crippen LogP contribution in [0, 0.1) is 11.3 Å². The standard InChI is InChI=1S/C27H25N9O3/c28-12-19(17-3-4-21(33-14-17)18-2-1-7-30-13-18)25-34-22(20(15-37)24(29)35-25)16-5-10-36(11-6-16)27(39)23-26(38)32-9-8-31-23/h1-4,7-9,12-16,28,35H,5-6,10-11,29H2,(H,32,38)/b25-19+,28-12?. The molecule has 0 atom stereocenters. The quantitative estimate of drug-likeness (QED) is 0.277. The summed E-state index contributed by atoms with van der Waals surface area (Å²) in [5.74, 6) is -0.498. The lowest BCUT2D eigenvalue weighted by Gasteiger charge is -2.34. The van der Waals surface area contributed by atoms with Crippen LogP contribution in [0.5, 0.6) is 5.88 Å². The van der Waals surface area contributed by atoms with Crippen LogP contribution >= 0.6 is 0 Å². The van der Waals surface area contributed by atoms with Crippen LogP contribution in [-0.4, -0.2) is 67.2 Å². The third-order valence-electron chi connectivity index (χ3n) is 6.65. The maximum atomic E-state index is 12.8. The summed E-state index contributed by atoms with van der Waals surface area (Å²) in [5.41, 5.74) is 9.60. The smallest absolute Gasteiger partial charge is 0.278 e. The van der Waals surface area contributed by atoms with Crippen LogP contribution in [0.3, 0.4) is 0 Å². The number of likely N-dealkylation sites (tertiary alicyclic amines) is 1. The number of aromatic nitrogens is 4. The number of nitrogens with one attached hydrogen (secondary N) is 2. The molecule has 5 rings (SSSR count). The number of hydrogen-bond donors (Lipinski definition) is 4. The molecule has 1 amide bonds. The third kappa shape index (κ3) is 5.12. The van der Waals surface area contributed by atoms with E-state index in [1.165, 1.54) is 12.4 Å². The molecule has 0 aliphatic carbocycles. The van der Waals surface area contributed by atoms with E-state index in [9.17, 15) is 14.7 Å². The van der Waals surface area contributed by atoms with Crippen LogP contribution in [-0.2, 0) is 4.79 Å². The van der Waals surface area contributed by atoms with Crippen molar-refractivity contribution < 1.29 is 14.7 Å². The molecule has 3 aromatic rings. The molecular formula is C27H25N9O3. The molecule has 0 spiro atoms. The summed E-state index contributed by atoms with van der Waals surface area (Å²) in [6.45, 7) is 0.739. The summed E-state index contributed by atoms with van der Waals surface area (Å²) in [6, 6.07) is 7.41. The highest BCUT2D eigenvalue weighted by atomic mass is 16.3. The Morgan fingerprint density at radius 1 is 1.10 bits per heavy atom. The van der Waals surface area contributed by atoms with Crippen LogP contribution in [0.25, 0.3) is 16.8 Å². The molecule has 0 radical (unpaired) electrons. The minimum atomic E-state index is -0.414. The van der Waals surface area contributed by atoms with Crippen molar-refractivity contribution >= 4 is 29.7 Å². The first-order valence-electron chi connectivity index (χ1n) is 12.2. The lowest BCUT2D eigenvalue weighted by Crippen LogP contribution is -2.42. The Hall–Kier alpha value is -5.26.